The third kappa shape index (κ3) is 3.81. The first-order valence-electron chi connectivity index (χ1n) is 8.99. The highest BCUT2D eigenvalue weighted by molar-refractivity contribution is 9.10. The SMILES string of the molecule is Cc1ccc2nc(-c3ccc(C)c(N=Cc4cc([N+](=O)[O-])cc(Br)c4[O-])c3)oc2c1. The topological polar surface area (TPSA) is 105 Å². The summed E-state index contributed by atoms with van der Waals surface area (Å²) in [6.07, 6.45) is 1.33. The standard InChI is InChI=1S/C22H16BrN3O4/c1-12-3-6-18-20(7-12)30-22(25-18)14-5-4-13(2)19(9-14)24-11-15-8-16(26(28)29)10-17(23)21(15)27/h3-11,27H,1-2H3/p-1. The minimum absolute atomic E-state index is 0.116. The Labute approximate surface area is 180 Å². The van der Waals surface area contributed by atoms with E-state index in [-0.39, 0.29) is 21.5 Å². The van der Waals surface area contributed by atoms with Crippen molar-refractivity contribution >= 4 is 44.6 Å². The number of benzene rings is 3. The number of hydrogen-bond acceptors (Lipinski definition) is 6. The van der Waals surface area contributed by atoms with Gasteiger partial charge in [0.05, 0.1) is 10.6 Å². The molecule has 0 radical (unpaired) electrons. The molecule has 0 N–H and O–H groups in total. The largest absolute Gasteiger partial charge is 0.871 e. The normalized spacial score (nSPS) is 11.4. The first-order valence-corrected chi connectivity index (χ1v) is 9.78. The van der Waals surface area contributed by atoms with Crippen LogP contribution in [0.25, 0.3) is 22.6 Å². The lowest BCUT2D eigenvalue weighted by molar-refractivity contribution is -0.385. The summed E-state index contributed by atoms with van der Waals surface area (Å²) < 4.78 is 5.99. The van der Waals surface area contributed by atoms with E-state index in [4.69, 9.17) is 4.42 Å². The van der Waals surface area contributed by atoms with E-state index >= 15 is 0 Å². The minimum Gasteiger partial charge on any atom is -0.871 e. The smallest absolute Gasteiger partial charge is 0.271 e. The van der Waals surface area contributed by atoms with Gasteiger partial charge in [-0.15, -0.1) is 0 Å². The van der Waals surface area contributed by atoms with Crippen LogP contribution < -0.4 is 5.11 Å². The number of nitro benzene ring substituents is 1. The zero-order chi connectivity index (χ0) is 21.4. The summed E-state index contributed by atoms with van der Waals surface area (Å²) >= 11 is 3.07. The molecule has 4 rings (SSSR count). The van der Waals surface area contributed by atoms with E-state index in [9.17, 15) is 15.2 Å². The zero-order valence-corrected chi connectivity index (χ0v) is 17.6. The number of hydrogen-bond donors (Lipinski definition) is 0. The van der Waals surface area contributed by atoms with E-state index in [0.717, 1.165) is 22.2 Å². The van der Waals surface area contributed by atoms with Crippen molar-refractivity contribution < 1.29 is 14.4 Å². The molecule has 0 atom stereocenters. The van der Waals surface area contributed by atoms with Crippen molar-refractivity contribution in [2.75, 3.05) is 0 Å². The molecule has 0 aliphatic carbocycles. The molecule has 1 aromatic heterocycles. The van der Waals surface area contributed by atoms with E-state index in [1.54, 1.807) is 6.07 Å². The van der Waals surface area contributed by atoms with Crippen LogP contribution in [0, 0.1) is 24.0 Å². The van der Waals surface area contributed by atoms with Crippen molar-refractivity contribution in [3.05, 3.63) is 79.8 Å². The molecule has 1 heterocycles. The second-order valence-corrected chi connectivity index (χ2v) is 7.71. The molecule has 0 fully saturated rings. The molecule has 0 saturated carbocycles. The second-order valence-electron chi connectivity index (χ2n) is 6.85. The van der Waals surface area contributed by atoms with Crippen molar-refractivity contribution in [3.8, 4) is 17.2 Å². The number of aromatic nitrogens is 1. The van der Waals surface area contributed by atoms with Gasteiger partial charge in [-0.3, -0.25) is 15.1 Å². The summed E-state index contributed by atoms with van der Waals surface area (Å²) in [5.41, 5.74) is 4.70. The molecule has 8 heteroatoms. The van der Waals surface area contributed by atoms with Gasteiger partial charge in [0.25, 0.3) is 5.69 Å². The first kappa shape index (κ1) is 19.8. The van der Waals surface area contributed by atoms with Gasteiger partial charge in [0.1, 0.15) is 5.52 Å². The Morgan fingerprint density at radius 2 is 1.93 bits per heavy atom. The van der Waals surface area contributed by atoms with Crippen LogP contribution in [0.4, 0.5) is 11.4 Å². The molecule has 0 bridgehead atoms. The van der Waals surface area contributed by atoms with Crippen LogP contribution in [0.2, 0.25) is 0 Å². The number of nitrogens with zero attached hydrogens (tertiary/aromatic N) is 3. The predicted octanol–water partition coefficient (Wildman–Crippen LogP) is 5.61. The maximum atomic E-state index is 12.3. The molecule has 0 unspecified atom stereocenters. The Balaban J connectivity index is 1.73. The van der Waals surface area contributed by atoms with Crippen molar-refractivity contribution in [1.82, 2.24) is 4.98 Å². The molecule has 0 aliphatic rings. The molecule has 3 aromatic carbocycles. The van der Waals surface area contributed by atoms with Crippen LogP contribution >= 0.6 is 15.9 Å². The monoisotopic (exact) mass is 464 g/mol. The number of rotatable bonds is 4. The number of aliphatic imine (C=N–C) groups is 1. The number of aryl methyl sites for hydroxylation is 2. The van der Waals surface area contributed by atoms with Crippen molar-refractivity contribution in [1.29, 1.82) is 0 Å². The second kappa shape index (κ2) is 7.72. The first-order chi connectivity index (χ1) is 14.3. The summed E-state index contributed by atoms with van der Waals surface area (Å²) in [6, 6.07) is 13.8. The Hall–Kier alpha value is -3.52. The van der Waals surface area contributed by atoms with Crippen LogP contribution in [-0.4, -0.2) is 16.1 Å². The zero-order valence-electron chi connectivity index (χ0n) is 16.0. The van der Waals surface area contributed by atoms with Crippen LogP contribution in [0.1, 0.15) is 16.7 Å². The Bertz CT molecular complexity index is 1330. The van der Waals surface area contributed by atoms with Gasteiger partial charge in [-0.2, -0.15) is 0 Å². The van der Waals surface area contributed by atoms with Gasteiger partial charge >= 0.3 is 0 Å². The highest BCUT2D eigenvalue weighted by Crippen LogP contribution is 2.32. The van der Waals surface area contributed by atoms with Gasteiger partial charge in [0.15, 0.2) is 5.58 Å². The average molecular weight is 465 g/mol. The van der Waals surface area contributed by atoms with Gasteiger partial charge < -0.3 is 9.52 Å². The highest BCUT2D eigenvalue weighted by atomic mass is 79.9. The molecule has 0 aliphatic heterocycles. The maximum Gasteiger partial charge on any atom is 0.271 e. The van der Waals surface area contributed by atoms with Gasteiger partial charge in [-0.1, -0.05) is 33.8 Å². The van der Waals surface area contributed by atoms with E-state index in [2.05, 4.69) is 25.9 Å². The fourth-order valence-corrected chi connectivity index (χ4v) is 3.44. The summed E-state index contributed by atoms with van der Waals surface area (Å²) in [5, 5.41) is 23.3. The molecule has 0 saturated heterocycles. The quantitative estimate of drug-likeness (QED) is 0.221. The van der Waals surface area contributed by atoms with E-state index < -0.39 is 4.92 Å². The Kier molecular flexibility index (Phi) is 5.09. The number of halogens is 1. The van der Waals surface area contributed by atoms with E-state index in [0.29, 0.717) is 17.2 Å². The van der Waals surface area contributed by atoms with Gasteiger partial charge in [-0.25, -0.2) is 4.98 Å². The van der Waals surface area contributed by atoms with Crippen LogP contribution in [-0.2, 0) is 0 Å². The molecule has 0 spiro atoms. The summed E-state index contributed by atoms with van der Waals surface area (Å²) in [5.74, 6) is 0.0992. The molecule has 7 nitrogen and oxygen atoms in total. The third-order valence-electron chi connectivity index (χ3n) is 4.61. The molecular formula is C22H15BrN3O4-. The lowest BCUT2D eigenvalue weighted by Gasteiger charge is -2.12. The number of fused-ring (bicyclic) bond motifs is 1. The number of nitro groups is 1. The van der Waals surface area contributed by atoms with Crippen molar-refractivity contribution in [3.63, 3.8) is 0 Å². The highest BCUT2D eigenvalue weighted by Gasteiger charge is 2.11. The lowest BCUT2D eigenvalue weighted by atomic mass is 10.1. The molecule has 30 heavy (non-hydrogen) atoms. The van der Waals surface area contributed by atoms with Gasteiger partial charge in [0.2, 0.25) is 5.89 Å². The average Bonchev–Trinajstić information content (AvgIpc) is 3.13. The molecule has 0 amide bonds. The number of oxazole rings is 1. The fraction of sp³-hybridized carbons (Fsp3) is 0.0909. The number of non-ortho nitro benzene ring substituents is 1. The van der Waals surface area contributed by atoms with Gasteiger partial charge in [-0.05, 0) is 54.8 Å². The Morgan fingerprint density at radius 3 is 2.70 bits per heavy atom. The van der Waals surface area contributed by atoms with Crippen LogP contribution in [0.5, 0.6) is 5.75 Å². The van der Waals surface area contributed by atoms with Crippen LogP contribution in [0.3, 0.4) is 0 Å². The van der Waals surface area contributed by atoms with Crippen molar-refractivity contribution in [2.24, 2.45) is 4.99 Å². The van der Waals surface area contributed by atoms with E-state index in [1.807, 2.05) is 44.2 Å². The van der Waals surface area contributed by atoms with Crippen molar-refractivity contribution in [2.45, 2.75) is 13.8 Å². The summed E-state index contributed by atoms with van der Waals surface area (Å²) in [7, 11) is 0. The fourth-order valence-electron chi connectivity index (χ4n) is 2.98. The minimum atomic E-state index is -0.553. The molecule has 150 valence electrons. The maximum absolute atomic E-state index is 12.3. The lowest BCUT2D eigenvalue weighted by Crippen LogP contribution is -2.00. The third-order valence-corrected chi connectivity index (χ3v) is 5.20. The van der Waals surface area contributed by atoms with Gasteiger partial charge in [0, 0.05) is 28.4 Å². The van der Waals surface area contributed by atoms with E-state index in [1.165, 1.54) is 18.3 Å². The summed E-state index contributed by atoms with van der Waals surface area (Å²) in [6.45, 7) is 3.87. The van der Waals surface area contributed by atoms with Crippen LogP contribution in [0.15, 0.2) is 62.4 Å². The molecule has 4 aromatic rings. The predicted molar refractivity (Wildman–Crippen MR) is 116 cm³/mol. The molecular weight excluding hydrogens is 450 g/mol. The summed E-state index contributed by atoms with van der Waals surface area (Å²) in [4.78, 5) is 19.4. The Morgan fingerprint density at radius 1 is 1.13 bits per heavy atom.